The van der Waals surface area contributed by atoms with E-state index in [4.69, 9.17) is 5.73 Å². The van der Waals surface area contributed by atoms with Gasteiger partial charge in [-0.25, -0.2) is 8.42 Å². The Morgan fingerprint density at radius 1 is 1.14 bits per heavy atom. The summed E-state index contributed by atoms with van der Waals surface area (Å²) in [6, 6.07) is 3.31. The first-order valence-electron chi connectivity index (χ1n) is 10.5. The fourth-order valence-electron chi connectivity index (χ4n) is 7.51. The molecule has 5 aliphatic rings. The Bertz CT molecular complexity index is 876. The van der Waals surface area contributed by atoms with Crippen molar-refractivity contribution in [2.75, 3.05) is 6.54 Å². The third kappa shape index (κ3) is 2.38. The summed E-state index contributed by atoms with van der Waals surface area (Å²) in [6.07, 6.45) is 9.19. The third-order valence-corrected chi connectivity index (χ3v) is 10.0. The van der Waals surface area contributed by atoms with Crippen LogP contribution < -0.4 is 5.73 Å². The van der Waals surface area contributed by atoms with Crippen LogP contribution in [0.2, 0.25) is 0 Å². The number of hydrogen-bond acceptors (Lipinski definition) is 4. The highest BCUT2D eigenvalue weighted by atomic mass is 32.2. The summed E-state index contributed by atoms with van der Waals surface area (Å²) < 4.78 is 28.8. The van der Waals surface area contributed by atoms with Gasteiger partial charge in [-0.1, -0.05) is 0 Å². The van der Waals surface area contributed by atoms with Crippen LogP contribution >= 0.6 is 0 Å². The number of rotatable bonds is 4. The zero-order valence-electron chi connectivity index (χ0n) is 16.4. The van der Waals surface area contributed by atoms with E-state index in [2.05, 4.69) is 4.98 Å². The van der Waals surface area contributed by atoms with Crippen molar-refractivity contribution in [3.63, 3.8) is 0 Å². The number of pyridine rings is 1. The van der Waals surface area contributed by atoms with E-state index in [1.165, 1.54) is 29.8 Å². The summed E-state index contributed by atoms with van der Waals surface area (Å²) in [5.41, 5.74) is 5.46. The number of carbonyl (C=O) groups is 1. The van der Waals surface area contributed by atoms with Gasteiger partial charge in [-0.2, -0.15) is 4.31 Å². The molecule has 2 N–H and O–H groups in total. The molecule has 0 radical (unpaired) electrons. The lowest BCUT2D eigenvalue weighted by atomic mass is 9.44. The number of sulfonamides is 1. The molecule has 4 bridgehead atoms. The highest BCUT2D eigenvalue weighted by Gasteiger charge is 2.68. The smallest absolute Gasteiger partial charge is 0.245 e. The molecule has 28 heavy (non-hydrogen) atoms. The summed E-state index contributed by atoms with van der Waals surface area (Å²) in [5.74, 6) is 1.41. The van der Waals surface area contributed by atoms with E-state index in [-0.39, 0.29) is 10.3 Å². The van der Waals surface area contributed by atoms with Crippen LogP contribution in [0.4, 0.5) is 0 Å². The maximum absolute atomic E-state index is 13.6. The van der Waals surface area contributed by atoms with E-state index in [0.29, 0.717) is 37.1 Å². The first kappa shape index (κ1) is 18.6. The molecule has 0 spiro atoms. The standard InChI is InChI=1S/C21H29N3O3S/c1-14-3-4-18(13-23-14)28(26,27)24-6-2-5-21(24,19(22)25)20-10-15-7-16(11-20)9-17(8-15)12-20/h3-4,13,15-17H,2,5-12H2,1H3,(H2,22,25)/t15?,16?,17?,20?,21-/m0/s1. The second-order valence-corrected chi connectivity index (χ2v) is 11.6. The SMILES string of the molecule is Cc1ccc(S(=O)(=O)N2CCC[C@]2(C(N)=O)C23CC4CC(CC(C4)C2)C3)cn1. The van der Waals surface area contributed by atoms with E-state index < -0.39 is 21.5 Å². The number of aryl methyl sites for hydroxylation is 1. The van der Waals surface area contributed by atoms with Gasteiger partial charge in [-0.05, 0) is 93.6 Å². The summed E-state index contributed by atoms with van der Waals surface area (Å²) in [6.45, 7) is 2.19. The minimum absolute atomic E-state index is 0.162. The van der Waals surface area contributed by atoms with Gasteiger partial charge < -0.3 is 5.73 Å². The molecule has 1 aromatic rings. The van der Waals surface area contributed by atoms with E-state index in [1.807, 2.05) is 6.92 Å². The highest BCUT2D eigenvalue weighted by Crippen LogP contribution is 2.66. The van der Waals surface area contributed by atoms with Crippen molar-refractivity contribution in [3.05, 3.63) is 24.0 Å². The Morgan fingerprint density at radius 2 is 1.75 bits per heavy atom. The lowest BCUT2D eigenvalue weighted by Crippen LogP contribution is -2.69. The van der Waals surface area contributed by atoms with Crippen LogP contribution in [-0.2, 0) is 14.8 Å². The van der Waals surface area contributed by atoms with Crippen LogP contribution in [0, 0.1) is 30.1 Å². The van der Waals surface area contributed by atoms with E-state index in [0.717, 1.165) is 25.0 Å². The fraction of sp³-hybridized carbons (Fsp3) is 0.714. The van der Waals surface area contributed by atoms with E-state index in [1.54, 1.807) is 12.1 Å². The molecule has 1 saturated heterocycles. The average molecular weight is 404 g/mol. The maximum atomic E-state index is 13.6. The van der Waals surface area contributed by atoms with Crippen LogP contribution in [0.25, 0.3) is 0 Å². The molecule has 6 rings (SSSR count). The Labute approximate surface area is 166 Å². The van der Waals surface area contributed by atoms with Gasteiger partial charge in [0.25, 0.3) is 0 Å². The maximum Gasteiger partial charge on any atom is 0.245 e. The fourth-order valence-corrected chi connectivity index (χ4v) is 9.34. The summed E-state index contributed by atoms with van der Waals surface area (Å²) >= 11 is 0. The predicted octanol–water partition coefficient (Wildman–Crippen LogP) is 2.62. The first-order chi connectivity index (χ1) is 13.3. The zero-order valence-corrected chi connectivity index (χ0v) is 17.2. The molecule has 1 atom stereocenters. The number of hydrogen-bond donors (Lipinski definition) is 1. The molecule has 2 heterocycles. The molecule has 0 aromatic carbocycles. The molecule has 4 aliphatic carbocycles. The molecule has 6 nitrogen and oxygen atoms in total. The lowest BCUT2D eigenvalue weighted by molar-refractivity contribution is -0.154. The van der Waals surface area contributed by atoms with E-state index in [9.17, 15) is 13.2 Å². The Balaban J connectivity index is 1.62. The largest absolute Gasteiger partial charge is 0.368 e. The van der Waals surface area contributed by atoms with Gasteiger partial charge in [0, 0.05) is 18.4 Å². The first-order valence-corrected chi connectivity index (χ1v) is 12.0. The number of primary amides is 1. The zero-order chi connectivity index (χ0) is 19.7. The number of nitrogens with two attached hydrogens (primary N) is 1. The second-order valence-electron chi connectivity index (χ2n) is 9.74. The summed E-state index contributed by atoms with van der Waals surface area (Å²) in [7, 11) is -3.83. The summed E-state index contributed by atoms with van der Waals surface area (Å²) in [5, 5.41) is 0. The molecular weight excluding hydrogens is 374 g/mol. The highest BCUT2D eigenvalue weighted by molar-refractivity contribution is 7.89. The van der Waals surface area contributed by atoms with Crippen molar-refractivity contribution in [2.24, 2.45) is 28.9 Å². The Kier molecular flexibility index (Phi) is 3.99. The third-order valence-electron chi connectivity index (χ3n) is 8.12. The molecular formula is C21H29N3O3S. The predicted molar refractivity (Wildman–Crippen MR) is 105 cm³/mol. The quantitative estimate of drug-likeness (QED) is 0.836. The number of nitrogens with zero attached hydrogens (tertiary/aromatic N) is 2. The van der Waals surface area contributed by atoms with Crippen LogP contribution in [0.15, 0.2) is 23.2 Å². The van der Waals surface area contributed by atoms with Crippen molar-refractivity contribution in [1.29, 1.82) is 0 Å². The minimum Gasteiger partial charge on any atom is -0.368 e. The molecule has 1 aromatic heterocycles. The molecule has 7 heteroatoms. The molecule has 1 amide bonds. The number of aromatic nitrogens is 1. The van der Waals surface area contributed by atoms with Crippen LogP contribution in [0.5, 0.6) is 0 Å². The number of carbonyl (C=O) groups excluding carboxylic acids is 1. The van der Waals surface area contributed by atoms with Gasteiger partial charge >= 0.3 is 0 Å². The monoisotopic (exact) mass is 403 g/mol. The van der Waals surface area contributed by atoms with Gasteiger partial charge in [0.1, 0.15) is 10.4 Å². The Morgan fingerprint density at radius 3 is 2.25 bits per heavy atom. The van der Waals surface area contributed by atoms with Crippen molar-refractivity contribution >= 4 is 15.9 Å². The minimum atomic E-state index is -3.83. The normalized spacial score (nSPS) is 40.1. The molecule has 0 unspecified atom stereocenters. The van der Waals surface area contributed by atoms with E-state index >= 15 is 0 Å². The molecule has 152 valence electrons. The second kappa shape index (κ2) is 6.02. The summed E-state index contributed by atoms with van der Waals surface area (Å²) in [4.78, 5) is 17.4. The molecule has 4 saturated carbocycles. The molecule has 5 fully saturated rings. The van der Waals surface area contributed by atoms with Crippen molar-refractivity contribution in [2.45, 2.75) is 68.7 Å². The van der Waals surface area contributed by atoms with Gasteiger partial charge in [0.2, 0.25) is 15.9 Å². The number of amides is 1. The van der Waals surface area contributed by atoms with Gasteiger partial charge in [0.15, 0.2) is 0 Å². The van der Waals surface area contributed by atoms with Crippen LogP contribution in [0.1, 0.15) is 57.1 Å². The molecule has 1 aliphatic heterocycles. The Hall–Kier alpha value is -1.47. The van der Waals surface area contributed by atoms with Crippen LogP contribution in [-0.4, -0.2) is 35.7 Å². The van der Waals surface area contributed by atoms with Gasteiger partial charge in [0.05, 0.1) is 0 Å². The van der Waals surface area contributed by atoms with Crippen molar-refractivity contribution < 1.29 is 13.2 Å². The van der Waals surface area contributed by atoms with Gasteiger partial charge in [-0.3, -0.25) is 9.78 Å². The van der Waals surface area contributed by atoms with Crippen molar-refractivity contribution in [1.82, 2.24) is 9.29 Å². The lowest BCUT2D eigenvalue weighted by Gasteiger charge is -2.63. The van der Waals surface area contributed by atoms with Crippen molar-refractivity contribution in [3.8, 4) is 0 Å². The van der Waals surface area contributed by atoms with Gasteiger partial charge in [-0.15, -0.1) is 0 Å². The average Bonchev–Trinajstić information content (AvgIpc) is 3.09. The topological polar surface area (TPSA) is 93.4 Å². The van der Waals surface area contributed by atoms with Crippen LogP contribution in [0.3, 0.4) is 0 Å².